The van der Waals surface area contributed by atoms with Crippen molar-refractivity contribution in [1.82, 2.24) is 20.4 Å². The van der Waals surface area contributed by atoms with E-state index in [1.54, 1.807) is 31.4 Å². The second-order valence-corrected chi connectivity index (χ2v) is 5.29. The van der Waals surface area contributed by atoms with Crippen LogP contribution in [-0.4, -0.2) is 49.0 Å². The molecular weight excluding hydrogens is 348 g/mol. The monoisotopic (exact) mass is 370 g/mol. The van der Waals surface area contributed by atoms with E-state index in [0.29, 0.717) is 30.5 Å². The summed E-state index contributed by atoms with van der Waals surface area (Å²) in [5.41, 5.74) is -0.646. The lowest BCUT2D eigenvalue weighted by molar-refractivity contribution is -0.121. The molecule has 0 aliphatic carbocycles. The van der Waals surface area contributed by atoms with Crippen LogP contribution in [-0.2, 0) is 16.1 Å². The molecule has 2 rings (SSSR count). The molecule has 0 radical (unpaired) electrons. The Hall–Kier alpha value is -2.16. The highest BCUT2D eigenvalue weighted by molar-refractivity contribution is 5.85. The molecule has 138 valence electrons. The topological polar surface area (TPSA) is 105 Å². The highest BCUT2D eigenvalue weighted by atomic mass is 35.5. The number of rotatable bonds is 9. The van der Waals surface area contributed by atoms with Gasteiger partial charge in [0.25, 0.3) is 11.1 Å². The zero-order valence-electron chi connectivity index (χ0n) is 14.0. The molecule has 1 aromatic carbocycles. The second-order valence-electron chi connectivity index (χ2n) is 5.29. The van der Waals surface area contributed by atoms with Gasteiger partial charge in [-0.1, -0.05) is 12.1 Å². The number of fused-ring (bicyclic) bond motifs is 1. The smallest absolute Gasteiger partial charge is 0.273 e. The number of aromatic nitrogens is 2. The molecule has 25 heavy (non-hydrogen) atoms. The lowest BCUT2D eigenvalue weighted by Crippen LogP contribution is -2.35. The maximum absolute atomic E-state index is 12.3. The van der Waals surface area contributed by atoms with Gasteiger partial charge < -0.3 is 15.4 Å². The minimum absolute atomic E-state index is 0. The fourth-order valence-corrected chi connectivity index (χ4v) is 2.30. The lowest BCUT2D eigenvalue weighted by atomic mass is 10.2. The fraction of sp³-hybridized carbons (Fsp3) is 0.438. The zero-order chi connectivity index (χ0) is 17.4. The van der Waals surface area contributed by atoms with Crippen molar-refractivity contribution in [2.24, 2.45) is 0 Å². The number of ether oxygens (including phenoxy) is 1. The van der Waals surface area contributed by atoms with Gasteiger partial charge in [0.1, 0.15) is 0 Å². The van der Waals surface area contributed by atoms with Gasteiger partial charge in [-0.2, -0.15) is 0 Å². The summed E-state index contributed by atoms with van der Waals surface area (Å²) in [6.07, 6.45) is 0.117. The van der Waals surface area contributed by atoms with E-state index in [9.17, 15) is 14.4 Å². The number of aryl methyl sites for hydroxylation is 1. The van der Waals surface area contributed by atoms with Gasteiger partial charge in [0, 0.05) is 33.2 Å². The molecule has 8 nitrogen and oxygen atoms in total. The summed E-state index contributed by atoms with van der Waals surface area (Å²) in [5, 5.41) is 9.07. The van der Waals surface area contributed by atoms with Crippen LogP contribution in [0.25, 0.3) is 10.8 Å². The highest BCUT2D eigenvalue weighted by Crippen LogP contribution is 2.02. The van der Waals surface area contributed by atoms with Crippen LogP contribution < -0.4 is 21.8 Å². The molecule has 0 fully saturated rings. The van der Waals surface area contributed by atoms with Crippen molar-refractivity contribution < 1.29 is 9.53 Å². The van der Waals surface area contributed by atoms with Crippen LogP contribution in [0.3, 0.4) is 0 Å². The van der Waals surface area contributed by atoms with Gasteiger partial charge in [0.2, 0.25) is 5.91 Å². The summed E-state index contributed by atoms with van der Waals surface area (Å²) in [6, 6.07) is 6.62. The van der Waals surface area contributed by atoms with E-state index >= 15 is 0 Å². The summed E-state index contributed by atoms with van der Waals surface area (Å²) in [4.78, 5) is 36.0. The first-order valence-corrected chi connectivity index (χ1v) is 7.81. The van der Waals surface area contributed by atoms with Crippen LogP contribution in [0.15, 0.2) is 33.9 Å². The minimum atomic E-state index is -0.340. The number of carbonyl (C=O) groups excluding carboxylic acids is 1. The summed E-state index contributed by atoms with van der Waals surface area (Å²) in [6.45, 7) is 2.60. The maximum atomic E-state index is 12.3. The van der Waals surface area contributed by atoms with Crippen LogP contribution in [0.2, 0.25) is 0 Å². The third-order valence-electron chi connectivity index (χ3n) is 3.55. The predicted molar refractivity (Wildman–Crippen MR) is 98.4 cm³/mol. The molecule has 1 amide bonds. The molecule has 9 heteroatoms. The number of hydrogen-bond acceptors (Lipinski definition) is 5. The molecule has 0 bridgehead atoms. The number of aromatic amines is 1. The van der Waals surface area contributed by atoms with Gasteiger partial charge in [0.15, 0.2) is 0 Å². The maximum Gasteiger partial charge on any atom is 0.273 e. The van der Waals surface area contributed by atoms with Crippen LogP contribution in [0.5, 0.6) is 0 Å². The molecule has 3 N–H and O–H groups in total. The lowest BCUT2D eigenvalue weighted by Gasteiger charge is -2.08. The number of amides is 1. The number of methoxy groups -OCH3 is 1. The number of halogens is 1. The number of benzene rings is 1. The van der Waals surface area contributed by atoms with Gasteiger partial charge >= 0.3 is 0 Å². The van der Waals surface area contributed by atoms with Gasteiger partial charge in [-0.15, -0.1) is 12.4 Å². The molecule has 2 aromatic rings. The summed E-state index contributed by atoms with van der Waals surface area (Å²) in [5.74, 6) is -0.176. The Bertz CT molecular complexity index is 803. The average Bonchev–Trinajstić information content (AvgIpc) is 2.60. The number of H-pyrrole nitrogens is 1. The van der Waals surface area contributed by atoms with Gasteiger partial charge in [-0.25, -0.2) is 4.68 Å². The van der Waals surface area contributed by atoms with Crippen molar-refractivity contribution in [1.29, 1.82) is 0 Å². The first kappa shape index (κ1) is 20.9. The zero-order valence-corrected chi connectivity index (χ0v) is 14.9. The number of nitrogens with zero attached hydrogens (tertiary/aromatic N) is 1. The van der Waals surface area contributed by atoms with Crippen molar-refractivity contribution in [2.75, 3.05) is 33.4 Å². The van der Waals surface area contributed by atoms with Crippen molar-refractivity contribution in [3.63, 3.8) is 0 Å². The van der Waals surface area contributed by atoms with Crippen molar-refractivity contribution >= 4 is 29.1 Å². The SMILES string of the molecule is COCCNCCNC(=O)CCn1[nH]c(=O)c2ccccc2c1=O.Cl. The quantitative estimate of drug-likeness (QED) is 0.532. The van der Waals surface area contributed by atoms with E-state index < -0.39 is 0 Å². The molecule has 1 aromatic heterocycles. The first-order valence-electron chi connectivity index (χ1n) is 7.81. The Morgan fingerprint density at radius 2 is 1.88 bits per heavy atom. The third kappa shape index (κ3) is 6.00. The highest BCUT2D eigenvalue weighted by Gasteiger charge is 2.08. The Labute approximate surface area is 151 Å². The van der Waals surface area contributed by atoms with E-state index in [2.05, 4.69) is 15.7 Å². The normalized spacial score (nSPS) is 10.4. The fourth-order valence-electron chi connectivity index (χ4n) is 2.30. The van der Waals surface area contributed by atoms with E-state index in [-0.39, 0.29) is 42.4 Å². The molecule has 0 saturated carbocycles. The predicted octanol–water partition coefficient (Wildman–Crippen LogP) is -0.146. The molecule has 0 spiro atoms. The molecular formula is C16H23ClN4O4. The molecule has 1 heterocycles. The molecule has 0 saturated heterocycles. The summed E-state index contributed by atoms with van der Waals surface area (Å²) >= 11 is 0. The van der Waals surface area contributed by atoms with Crippen LogP contribution >= 0.6 is 12.4 Å². The average molecular weight is 371 g/mol. The second kappa shape index (κ2) is 10.7. The molecule has 0 atom stereocenters. The first-order chi connectivity index (χ1) is 11.6. The molecule has 0 aliphatic heterocycles. The molecule has 0 aliphatic rings. The Morgan fingerprint density at radius 3 is 2.60 bits per heavy atom. The van der Waals surface area contributed by atoms with E-state index in [4.69, 9.17) is 4.74 Å². The Kier molecular flexibility index (Phi) is 8.90. The van der Waals surface area contributed by atoms with Gasteiger partial charge in [-0.05, 0) is 12.1 Å². The standard InChI is InChI=1S/C16H22N4O4.ClH/c1-24-11-9-17-7-8-18-14(21)6-10-20-16(23)13-5-3-2-4-12(13)15(22)19-20;/h2-5,17H,6-11H2,1H3,(H,18,21)(H,19,22);1H. The van der Waals surface area contributed by atoms with E-state index in [1.807, 2.05) is 0 Å². The van der Waals surface area contributed by atoms with E-state index in [0.717, 1.165) is 6.54 Å². The molecule has 0 unspecified atom stereocenters. The summed E-state index contributed by atoms with van der Waals surface area (Å²) < 4.78 is 6.08. The van der Waals surface area contributed by atoms with Crippen molar-refractivity contribution in [3.8, 4) is 0 Å². The third-order valence-corrected chi connectivity index (χ3v) is 3.55. The van der Waals surface area contributed by atoms with Crippen LogP contribution in [0.1, 0.15) is 6.42 Å². The van der Waals surface area contributed by atoms with Crippen LogP contribution in [0, 0.1) is 0 Å². The minimum Gasteiger partial charge on any atom is -0.383 e. The van der Waals surface area contributed by atoms with Crippen molar-refractivity contribution in [2.45, 2.75) is 13.0 Å². The number of nitrogens with one attached hydrogen (secondary N) is 3. The Balaban J connectivity index is 0.00000312. The number of carbonyl (C=O) groups is 1. The van der Waals surface area contributed by atoms with E-state index in [1.165, 1.54) is 4.68 Å². The largest absolute Gasteiger partial charge is 0.383 e. The number of hydrogen-bond donors (Lipinski definition) is 3. The summed E-state index contributed by atoms with van der Waals surface area (Å²) in [7, 11) is 1.63. The van der Waals surface area contributed by atoms with Crippen LogP contribution in [0.4, 0.5) is 0 Å². The van der Waals surface area contributed by atoms with Gasteiger partial charge in [-0.3, -0.25) is 19.5 Å². The van der Waals surface area contributed by atoms with Gasteiger partial charge in [0.05, 0.1) is 23.9 Å². The Morgan fingerprint density at radius 1 is 1.16 bits per heavy atom. The van der Waals surface area contributed by atoms with Crippen molar-refractivity contribution in [3.05, 3.63) is 45.0 Å².